The predicted molar refractivity (Wildman–Crippen MR) is 75.1 cm³/mol. The number of aryl methyl sites for hydroxylation is 1. The Morgan fingerprint density at radius 3 is 2.44 bits per heavy atom. The minimum Gasteiger partial charge on any atom is -0.398 e. The van der Waals surface area contributed by atoms with E-state index in [4.69, 9.17) is 23.1 Å². The number of rotatable bonds is 1. The first kappa shape index (κ1) is 12.7. The first-order chi connectivity index (χ1) is 8.41. The van der Waals surface area contributed by atoms with E-state index in [-0.39, 0.29) is 0 Å². The summed E-state index contributed by atoms with van der Waals surface area (Å²) in [7, 11) is 0. The number of hydrogen-bond acceptors (Lipinski definition) is 2. The molecule has 0 aliphatic rings. The number of nitrogen functional groups attached to an aromatic ring is 2. The molecule has 0 heterocycles. The van der Waals surface area contributed by atoms with Crippen LogP contribution in [-0.4, -0.2) is 0 Å². The van der Waals surface area contributed by atoms with Crippen molar-refractivity contribution in [2.75, 3.05) is 11.5 Å². The summed E-state index contributed by atoms with van der Waals surface area (Å²) in [6.07, 6.45) is 0. The topological polar surface area (TPSA) is 52.0 Å². The predicted octanol–water partition coefficient (Wildman–Crippen LogP) is 3.93. The van der Waals surface area contributed by atoms with E-state index in [1.807, 2.05) is 13.0 Å². The molecule has 0 aliphatic carbocycles. The van der Waals surface area contributed by atoms with Crippen LogP contribution < -0.4 is 11.5 Å². The Hall–Kier alpha value is -1.74. The second-order valence-corrected chi connectivity index (χ2v) is 4.76. The molecule has 18 heavy (non-hydrogen) atoms. The van der Waals surface area contributed by atoms with Crippen LogP contribution in [0.2, 0.25) is 5.02 Å². The Labute approximate surface area is 110 Å². The van der Waals surface area contributed by atoms with E-state index in [0.717, 1.165) is 5.56 Å². The molecule has 2 aromatic carbocycles. The number of anilines is 2. The van der Waals surface area contributed by atoms with Crippen molar-refractivity contribution >= 4 is 23.0 Å². The Bertz CT molecular complexity index is 624. The summed E-state index contributed by atoms with van der Waals surface area (Å²) >= 11 is 5.95. The fourth-order valence-electron chi connectivity index (χ4n) is 1.93. The number of halogens is 2. The second-order valence-electron chi connectivity index (χ2n) is 4.32. The number of hydrogen-bond donors (Lipinski definition) is 2. The average molecular weight is 265 g/mol. The van der Waals surface area contributed by atoms with Gasteiger partial charge in [-0.1, -0.05) is 17.7 Å². The molecule has 0 amide bonds. The van der Waals surface area contributed by atoms with Gasteiger partial charge in [-0.25, -0.2) is 4.39 Å². The Balaban J connectivity index is 2.79. The molecule has 0 saturated carbocycles. The van der Waals surface area contributed by atoms with Crippen molar-refractivity contribution in [3.8, 4) is 11.1 Å². The average Bonchev–Trinajstić information content (AvgIpc) is 2.31. The maximum absolute atomic E-state index is 14.1. The van der Waals surface area contributed by atoms with Crippen LogP contribution in [-0.2, 0) is 0 Å². The van der Waals surface area contributed by atoms with Crippen LogP contribution in [0.5, 0.6) is 0 Å². The van der Waals surface area contributed by atoms with E-state index < -0.39 is 5.82 Å². The smallest absolute Gasteiger partial charge is 0.135 e. The molecular weight excluding hydrogens is 251 g/mol. The summed E-state index contributed by atoms with van der Waals surface area (Å²) in [5, 5.41) is 0.545. The summed E-state index contributed by atoms with van der Waals surface area (Å²) in [6, 6.07) is 6.60. The third-order valence-corrected chi connectivity index (χ3v) is 3.33. The van der Waals surface area contributed by atoms with Crippen LogP contribution in [0.3, 0.4) is 0 Å². The van der Waals surface area contributed by atoms with Crippen molar-refractivity contribution in [1.82, 2.24) is 0 Å². The standard InChI is InChI=1S/C14H14ClFN2/c1-7-3-4-9(15)5-10(7)13-11(16)6-12(17)8(2)14(13)18/h3-6H,17-18H2,1-2H3. The Morgan fingerprint density at radius 2 is 1.78 bits per heavy atom. The third-order valence-electron chi connectivity index (χ3n) is 3.10. The van der Waals surface area contributed by atoms with Crippen LogP contribution in [0.15, 0.2) is 24.3 Å². The lowest BCUT2D eigenvalue weighted by atomic mass is 9.95. The highest BCUT2D eigenvalue weighted by Crippen LogP contribution is 2.37. The normalized spacial score (nSPS) is 10.7. The van der Waals surface area contributed by atoms with Gasteiger partial charge < -0.3 is 11.5 Å². The molecule has 4 N–H and O–H groups in total. The highest BCUT2D eigenvalue weighted by Gasteiger charge is 2.15. The number of benzene rings is 2. The second kappa shape index (κ2) is 4.50. The van der Waals surface area contributed by atoms with E-state index in [9.17, 15) is 4.39 Å². The van der Waals surface area contributed by atoms with Gasteiger partial charge >= 0.3 is 0 Å². The van der Waals surface area contributed by atoms with Crippen LogP contribution in [0.4, 0.5) is 15.8 Å². The lowest BCUT2D eigenvalue weighted by Gasteiger charge is -2.14. The zero-order valence-electron chi connectivity index (χ0n) is 10.2. The minimum absolute atomic E-state index is 0.355. The lowest BCUT2D eigenvalue weighted by molar-refractivity contribution is 0.632. The maximum atomic E-state index is 14.1. The van der Waals surface area contributed by atoms with Gasteiger partial charge in [0.15, 0.2) is 0 Å². The van der Waals surface area contributed by atoms with Crippen LogP contribution in [0, 0.1) is 19.7 Å². The molecule has 0 aliphatic heterocycles. The highest BCUT2D eigenvalue weighted by atomic mass is 35.5. The van der Waals surface area contributed by atoms with Gasteiger partial charge in [0.05, 0.1) is 0 Å². The fraction of sp³-hybridized carbons (Fsp3) is 0.143. The molecule has 0 saturated heterocycles. The molecule has 0 spiro atoms. The largest absolute Gasteiger partial charge is 0.398 e. The number of nitrogens with two attached hydrogens (primary N) is 2. The van der Waals surface area contributed by atoms with Crippen molar-refractivity contribution in [3.63, 3.8) is 0 Å². The third kappa shape index (κ3) is 2.02. The van der Waals surface area contributed by atoms with Gasteiger partial charge in [-0.2, -0.15) is 0 Å². The molecule has 2 nitrogen and oxygen atoms in total. The van der Waals surface area contributed by atoms with Crippen molar-refractivity contribution in [2.45, 2.75) is 13.8 Å². The van der Waals surface area contributed by atoms with Crippen LogP contribution >= 0.6 is 11.6 Å². The van der Waals surface area contributed by atoms with Crippen molar-refractivity contribution in [1.29, 1.82) is 0 Å². The summed E-state index contributed by atoms with van der Waals surface area (Å²) in [5.41, 5.74) is 15.0. The molecule has 0 radical (unpaired) electrons. The summed E-state index contributed by atoms with van der Waals surface area (Å²) in [5.74, 6) is -0.430. The molecule has 0 fully saturated rings. The van der Waals surface area contributed by atoms with E-state index in [1.165, 1.54) is 6.07 Å². The zero-order chi connectivity index (χ0) is 13.4. The summed E-state index contributed by atoms with van der Waals surface area (Å²) < 4.78 is 14.1. The highest BCUT2D eigenvalue weighted by molar-refractivity contribution is 6.31. The fourth-order valence-corrected chi connectivity index (χ4v) is 2.10. The SMILES string of the molecule is Cc1ccc(Cl)cc1-c1c(F)cc(N)c(C)c1N. The van der Waals surface area contributed by atoms with Crippen molar-refractivity contribution in [2.24, 2.45) is 0 Å². The lowest BCUT2D eigenvalue weighted by Crippen LogP contribution is -2.02. The monoisotopic (exact) mass is 264 g/mol. The van der Waals surface area contributed by atoms with Gasteiger partial charge in [0.2, 0.25) is 0 Å². The van der Waals surface area contributed by atoms with Gasteiger partial charge in [0.25, 0.3) is 0 Å². The minimum atomic E-state index is -0.430. The van der Waals surface area contributed by atoms with Gasteiger partial charge in [-0.15, -0.1) is 0 Å². The molecule has 0 unspecified atom stereocenters. The summed E-state index contributed by atoms with van der Waals surface area (Å²) in [4.78, 5) is 0. The first-order valence-electron chi connectivity index (χ1n) is 5.52. The molecule has 2 rings (SSSR count). The summed E-state index contributed by atoms with van der Waals surface area (Å²) in [6.45, 7) is 3.66. The van der Waals surface area contributed by atoms with Crippen molar-refractivity contribution < 1.29 is 4.39 Å². The van der Waals surface area contributed by atoms with Crippen LogP contribution in [0.25, 0.3) is 11.1 Å². The van der Waals surface area contributed by atoms with Gasteiger partial charge in [-0.05, 0) is 48.7 Å². The van der Waals surface area contributed by atoms with E-state index in [0.29, 0.717) is 33.1 Å². The van der Waals surface area contributed by atoms with Gasteiger partial charge in [-0.3, -0.25) is 0 Å². The quantitative estimate of drug-likeness (QED) is 0.767. The van der Waals surface area contributed by atoms with Gasteiger partial charge in [0.1, 0.15) is 5.82 Å². The van der Waals surface area contributed by atoms with E-state index >= 15 is 0 Å². The van der Waals surface area contributed by atoms with Crippen molar-refractivity contribution in [3.05, 3.63) is 46.2 Å². The van der Waals surface area contributed by atoms with Gasteiger partial charge in [0, 0.05) is 22.0 Å². The molecule has 0 atom stereocenters. The Morgan fingerprint density at radius 1 is 1.11 bits per heavy atom. The Kier molecular flexibility index (Phi) is 3.18. The first-order valence-corrected chi connectivity index (χ1v) is 5.90. The van der Waals surface area contributed by atoms with Crippen LogP contribution in [0.1, 0.15) is 11.1 Å². The molecule has 0 aromatic heterocycles. The molecule has 0 bridgehead atoms. The molecule has 4 heteroatoms. The van der Waals surface area contributed by atoms with E-state index in [2.05, 4.69) is 0 Å². The zero-order valence-corrected chi connectivity index (χ0v) is 11.0. The maximum Gasteiger partial charge on any atom is 0.135 e. The molecule has 94 valence electrons. The van der Waals surface area contributed by atoms with E-state index in [1.54, 1.807) is 19.1 Å². The molecular formula is C14H14ClFN2. The molecule has 2 aromatic rings.